The smallest absolute Gasteiger partial charge is 0.124 e. The largest absolute Gasteiger partial charge is 0.370 e. The number of anilines is 1. The molecule has 2 aliphatic heterocycles. The minimum Gasteiger partial charge on any atom is -0.370 e. The fraction of sp³-hybridized carbons (Fsp3) is 0.812. The van der Waals surface area contributed by atoms with Gasteiger partial charge in [0.2, 0.25) is 0 Å². The summed E-state index contributed by atoms with van der Waals surface area (Å²) in [5, 5.41) is 12.0. The van der Waals surface area contributed by atoms with Crippen molar-refractivity contribution in [3.8, 4) is 0 Å². The molecule has 2 aliphatic rings. The van der Waals surface area contributed by atoms with E-state index in [2.05, 4.69) is 42.2 Å². The van der Waals surface area contributed by atoms with Crippen LogP contribution in [0.2, 0.25) is 0 Å². The number of hydrogen-bond acceptors (Lipinski definition) is 3. The molecule has 4 nitrogen and oxygen atoms in total. The predicted octanol–water partition coefficient (Wildman–Crippen LogP) is 2.83. The van der Waals surface area contributed by atoms with Gasteiger partial charge in [-0.15, -0.1) is 0 Å². The highest BCUT2D eigenvalue weighted by molar-refractivity contribution is 5.39. The van der Waals surface area contributed by atoms with Crippen LogP contribution in [0, 0.1) is 11.3 Å². The van der Waals surface area contributed by atoms with Crippen molar-refractivity contribution < 1.29 is 0 Å². The van der Waals surface area contributed by atoms with E-state index in [0.717, 1.165) is 25.4 Å². The van der Waals surface area contributed by atoms with E-state index >= 15 is 0 Å². The maximum Gasteiger partial charge on any atom is 0.124 e. The van der Waals surface area contributed by atoms with E-state index in [9.17, 15) is 0 Å². The average molecular weight is 276 g/mol. The van der Waals surface area contributed by atoms with Gasteiger partial charge >= 0.3 is 0 Å². The summed E-state index contributed by atoms with van der Waals surface area (Å²) in [5.41, 5.74) is 1.53. The third-order valence-corrected chi connectivity index (χ3v) is 4.44. The lowest BCUT2D eigenvalue weighted by atomic mass is 9.89. The first kappa shape index (κ1) is 13.9. The third-order valence-electron chi connectivity index (χ3n) is 4.44. The quantitative estimate of drug-likeness (QED) is 0.873. The summed E-state index contributed by atoms with van der Waals surface area (Å²) in [6.45, 7) is 10.3. The Morgan fingerprint density at radius 2 is 2.15 bits per heavy atom. The van der Waals surface area contributed by atoms with Gasteiger partial charge in [0.15, 0.2) is 0 Å². The number of fused-ring (bicyclic) bond motifs is 1. The van der Waals surface area contributed by atoms with Gasteiger partial charge in [-0.2, -0.15) is 5.10 Å². The molecule has 112 valence electrons. The van der Waals surface area contributed by atoms with Crippen molar-refractivity contribution in [1.82, 2.24) is 15.1 Å². The van der Waals surface area contributed by atoms with Crippen LogP contribution in [-0.2, 0) is 6.42 Å². The zero-order valence-corrected chi connectivity index (χ0v) is 13.1. The van der Waals surface area contributed by atoms with E-state index in [0.29, 0.717) is 11.5 Å². The van der Waals surface area contributed by atoms with Gasteiger partial charge in [-0.25, -0.2) is 4.68 Å². The van der Waals surface area contributed by atoms with Gasteiger partial charge in [0.1, 0.15) is 5.82 Å². The summed E-state index contributed by atoms with van der Waals surface area (Å²) in [7, 11) is 0. The molecular weight excluding hydrogens is 248 g/mol. The highest BCUT2D eigenvalue weighted by atomic mass is 15.4. The Labute approximate surface area is 122 Å². The lowest BCUT2D eigenvalue weighted by Gasteiger charge is -2.34. The molecule has 1 saturated heterocycles. The Morgan fingerprint density at radius 1 is 1.30 bits per heavy atom. The average Bonchev–Trinajstić information content (AvgIpc) is 2.79. The van der Waals surface area contributed by atoms with Crippen LogP contribution in [-0.4, -0.2) is 29.4 Å². The Balaban J connectivity index is 1.80. The van der Waals surface area contributed by atoms with Crippen LogP contribution in [0.5, 0.6) is 0 Å². The molecule has 1 aromatic rings. The third kappa shape index (κ3) is 3.00. The second-order valence-electron chi connectivity index (χ2n) is 7.59. The van der Waals surface area contributed by atoms with Gasteiger partial charge < -0.3 is 10.6 Å². The van der Waals surface area contributed by atoms with Gasteiger partial charge in [0, 0.05) is 12.6 Å². The standard InChI is InChI=1S/C16H28N4/c1-16(2,3)10-13-9-15-18-8-6-14(20(15)19-13)12-5-4-7-17-11-12/h9,12,14,17-18H,4-8,10-11H2,1-3H3. The van der Waals surface area contributed by atoms with E-state index in [1.54, 1.807) is 0 Å². The SMILES string of the molecule is CC(C)(C)Cc1cc2n(n1)C(C1CCCNC1)CCN2. The molecular formula is C16H28N4. The van der Waals surface area contributed by atoms with Crippen LogP contribution in [0.4, 0.5) is 5.82 Å². The molecule has 0 aromatic carbocycles. The molecule has 0 aliphatic carbocycles. The number of rotatable bonds is 2. The number of nitrogens with one attached hydrogen (secondary N) is 2. The second kappa shape index (κ2) is 5.40. The summed E-state index contributed by atoms with van der Waals surface area (Å²) in [5.74, 6) is 1.97. The van der Waals surface area contributed by atoms with Gasteiger partial charge in [-0.05, 0) is 50.1 Å². The Kier molecular flexibility index (Phi) is 3.76. The molecule has 0 saturated carbocycles. The molecule has 1 fully saturated rings. The number of nitrogens with zero attached hydrogens (tertiary/aromatic N) is 2. The monoisotopic (exact) mass is 276 g/mol. The first-order chi connectivity index (χ1) is 9.53. The molecule has 4 heteroatoms. The lowest BCUT2D eigenvalue weighted by molar-refractivity contribution is 0.234. The molecule has 1 aromatic heterocycles. The topological polar surface area (TPSA) is 41.9 Å². The van der Waals surface area contributed by atoms with Crippen LogP contribution in [0.1, 0.15) is 51.8 Å². The molecule has 0 amide bonds. The number of piperidine rings is 1. The summed E-state index contributed by atoms with van der Waals surface area (Å²) in [4.78, 5) is 0. The van der Waals surface area contributed by atoms with Gasteiger partial charge in [-0.3, -0.25) is 0 Å². The van der Waals surface area contributed by atoms with Crippen LogP contribution >= 0.6 is 0 Å². The summed E-state index contributed by atoms with van der Waals surface area (Å²) >= 11 is 0. The zero-order valence-electron chi connectivity index (χ0n) is 13.1. The van der Waals surface area contributed by atoms with Gasteiger partial charge in [0.25, 0.3) is 0 Å². The Morgan fingerprint density at radius 3 is 2.85 bits per heavy atom. The summed E-state index contributed by atoms with van der Waals surface area (Å²) in [6.07, 6.45) is 4.89. The Bertz CT molecular complexity index is 452. The first-order valence-electron chi connectivity index (χ1n) is 8.06. The van der Waals surface area contributed by atoms with Crippen molar-refractivity contribution in [2.45, 2.75) is 52.5 Å². The molecule has 3 heterocycles. The van der Waals surface area contributed by atoms with E-state index < -0.39 is 0 Å². The second-order valence-corrected chi connectivity index (χ2v) is 7.59. The highest BCUT2D eigenvalue weighted by Crippen LogP contribution is 2.34. The predicted molar refractivity (Wildman–Crippen MR) is 83.1 cm³/mol. The fourth-order valence-corrected chi connectivity index (χ4v) is 3.57. The van der Waals surface area contributed by atoms with Crippen molar-refractivity contribution in [3.63, 3.8) is 0 Å². The van der Waals surface area contributed by atoms with E-state index in [-0.39, 0.29) is 0 Å². The van der Waals surface area contributed by atoms with Crippen LogP contribution < -0.4 is 10.6 Å². The summed E-state index contributed by atoms with van der Waals surface area (Å²) in [6, 6.07) is 2.83. The van der Waals surface area contributed by atoms with Gasteiger partial charge in [-0.1, -0.05) is 20.8 Å². The van der Waals surface area contributed by atoms with Crippen LogP contribution in [0.3, 0.4) is 0 Å². The zero-order chi connectivity index (χ0) is 14.2. The van der Waals surface area contributed by atoms with Crippen LogP contribution in [0.15, 0.2) is 6.07 Å². The van der Waals surface area contributed by atoms with E-state index in [4.69, 9.17) is 5.10 Å². The van der Waals surface area contributed by atoms with Crippen molar-refractivity contribution in [1.29, 1.82) is 0 Å². The summed E-state index contributed by atoms with van der Waals surface area (Å²) < 4.78 is 2.28. The number of aromatic nitrogens is 2. The molecule has 3 rings (SSSR count). The van der Waals surface area contributed by atoms with E-state index in [1.807, 2.05) is 0 Å². The fourth-order valence-electron chi connectivity index (χ4n) is 3.57. The van der Waals surface area contributed by atoms with Crippen molar-refractivity contribution in [3.05, 3.63) is 11.8 Å². The van der Waals surface area contributed by atoms with Crippen molar-refractivity contribution >= 4 is 5.82 Å². The van der Waals surface area contributed by atoms with Crippen LogP contribution in [0.25, 0.3) is 0 Å². The maximum atomic E-state index is 4.92. The normalized spacial score (nSPS) is 26.9. The lowest BCUT2D eigenvalue weighted by Crippen LogP contribution is -2.38. The molecule has 0 radical (unpaired) electrons. The molecule has 20 heavy (non-hydrogen) atoms. The van der Waals surface area contributed by atoms with Crippen molar-refractivity contribution in [2.24, 2.45) is 11.3 Å². The van der Waals surface area contributed by atoms with Crippen molar-refractivity contribution in [2.75, 3.05) is 25.0 Å². The number of hydrogen-bond donors (Lipinski definition) is 2. The minimum absolute atomic E-state index is 0.298. The molecule has 0 bridgehead atoms. The van der Waals surface area contributed by atoms with Gasteiger partial charge in [0.05, 0.1) is 11.7 Å². The molecule has 2 N–H and O–H groups in total. The van der Waals surface area contributed by atoms with E-state index in [1.165, 1.54) is 37.3 Å². The minimum atomic E-state index is 0.298. The first-order valence-corrected chi connectivity index (χ1v) is 8.06. The maximum absolute atomic E-state index is 4.92. The molecule has 2 atom stereocenters. The molecule has 2 unspecified atom stereocenters. The highest BCUT2D eigenvalue weighted by Gasteiger charge is 2.30. The molecule has 0 spiro atoms. The Hall–Kier alpha value is -1.03.